The first-order valence-electron chi connectivity index (χ1n) is 7.29. The number of rotatable bonds is 2. The molecule has 0 radical (unpaired) electrons. The van der Waals surface area contributed by atoms with E-state index in [9.17, 15) is 0 Å². The largest absolute Gasteiger partial charge is 0.291 e. The zero-order chi connectivity index (χ0) is 14.9. The van der Waals surface area contributed by atoms with Gasteiger partial charge in [-0.2, -0.15) is 0 Å². The summed E-state index contributed by atoms with van der Waals surface area (Å²) < 4.78 is 2.17. The molecule has 2 aromatic carbocycles. The number of benzene rings is 2. The molecule has 3 nitrogen and oxygen atoms in total. The molecule has 3 heteroatoms. The van der Waals surface area contributed by atoms with Crippen LogP contribution in [0.2, 0.25) is 0 Å². The number of aryl methyl sites for hydroxylation is 1. The molecule has 2 heterocycles. The van der Waals surface area contributed by atoms with E-state index in [0.717, 1.165) is 33.8 Å². The number of hydrogen-bond acceptors (Lipinski definition) is 2. The Labute approximate surface area is 128 Å². The summed E-state index contributed by atoms with van der Waals surface area (Å²) in [6.07, 6.45) is 1.82. The summed E-state index contributed by atoms with van der Waals surface area (Å²) in [6.45, 7) is 2.07. The average Bonchev–Trinajstić information content (AvgIpc) is 2.95. The maximum atomic E-state index is 4.82. The second-order valence-electron chi connectivity index (χ2n) is 5.26. The molecule has 0 bridgehead atoms. The summed E-state index contributed by atoms with van der Waals surface area (Å²) in [5, 5.41) is 0. The summed E-state index contributed by atoms with van der Waals surface area (Å²) in [5.74, 6) is 0.880. The van der Waals surface area contributed by atoms with E-state index < -0.39 is 0 Å². The lowest BCUT2D eigenvalue weighted by atomic mass is 10.2. The lowest BCUT2D eigenvalue weighted by Gasteiger charge is -2.10. The zero-order valence-corrected chi connectivity index (χ0v) is 12.3. The summed E-state index contributed by atoms with van der Waals surface area (Å²) >= 11 is 0. The average molecular weight is 285 g/mol. The second-order valence-corrected chi connectivity index (χ2v) is 5.26. The topological polar surface area (TPSA) is 30.7 Å². The van der Waals surface area contributed by atoms with Gasteiger partial charge < -0.3 is 0 Å². The molecule has 106 valence electrons. The van der Waals surface area contributed by atoms with Gasteiger partial charge in [0, 0.05) is 11.9 Å². The first kappa shape index (κ1) is 12.8. The molecule has 0 spiro atoms. The van der Waals surface area contributed by atoms with Gasteiger partial charge in [0.25, 0.3) is 0 Å². The SMILES string of the molecule is Cc1cccnc1-c1nc2ccccc2n1-c1ccccc1. The minimum atomic E-state index is 0.880. The number of nitrogens with zero attached hydrogens (tertiary/aromatic N) is 3. The van der Waals surface area contributed by atoms with Gasteiger partial charge in [-0.05, 0) is 42.8 Å². The summed E-state index contributed by atoms with van der Waals surface area (Å²) in [7, 11) is 0. The molecular formula is C19H15N3. The van der Waals surface area contributed by atoms with Crippen molar-refractivity contribution in [2.75, 3.05) is 0 Å². The zero-order valence-electron chi connectivity index (χ0n) is 12.3. The predicted molar refractivity (Wildman–Crippen MR) is 89.0 cm³/mol. The van der Waals surface area contributed by atoms with Crippen LogP contribution in [0.3, 0.4) is 0 Å². The van der Waals surface area contributed by atoms with Gasteiger partial charge in [-0.25, -0.2) is 4.98 Å². The van der Waals surface area contributed by atoms with E-state index in [0.29, 0.717) is 0 Å². The summed E-state index contributed by atoms with van der Waals surface area (Å²) in [4.78, 5) is 9.37. The van der Waals surface area contributed by atoms with Gasteiger partial charge in [-0.3, -0.25) is 9.55 Å². The lowest BCUT2D eigenvalue weighted by Crippen LogP contribution is -1.99. The number of para-hydroxylation sites is 3. The van der Waals surface area contributed by atoms with Crippen LogP contribution in [-0.4, -0.2) is 14.5 Å². The fourth-order valence-electron chi connectivity index (χ4n) is 2.74. The molecule has 4 rings (SSSR count). The van der Waals surface area contributed by atoms with Gasteiger partial charge in [0.05, 0.1) is 11.0 Å². The molecule has 0 aliphatic heterocycles. The van der Waals surface area contributed by atoms with Gasteiger partial charge in [0.2, 0.25) is 0 Å². The Morgan fingerprint density at radius 1 is 0.818 bits per heavy atom. The highest BCUT2D eigenvalue weighted by atomic mass is 15.1. The minimum Gasteiger partial charge on any atom is -0.291 e. The number of fused-ring (bicyclic) bond motifs is 1. The van der Waals surface area contributed by atoms with Crippen molar-refractivity contribution in [2.24, 2.45) is 0 Å². The molecule has 4 aromatic rings. The van der Waals surface area contributed by atoms with E-state index in [1.165, 1.54) is 0 Å². The van der Waals surface area contributed by atoms with Crippen molar-refractivity contribution in [3.8, 4) is 17.2 Å². The summed E-state index contributed by atoms with van der Waals surface area (Å²) in [5.41, 5.74) is 5.20. The molecule has 22 heavy (non-hydrogen) atoms. The smallest absolute Gasteiger partial charge is 0.164 e. The number of hydrogen-bond donors (Lipinski definition) is 0. The van der Waals surface area contributed by atoms with Crippen LogP contribution in [0.4, 0.5) is 0 Å². The van der Waals surface area contributed by atoms with Crippen molar-refractivity contribution >= 4 is 11.0 Å². The normalized spacial score (nSPS) is 11.0. The molecule has 2 aromatic heterocycles. The third-order valence-corrected chi connectivity index (χ3v) is 3.80. The number of imidazole rings is 1. The Balaban J connectivity index is 2.09. The fourth-order valence-corrected chi connectivity index (χ4v) is 2.74. The maximum absolute atomic E-state index is 4.82. The predicted octanol–water partition coefficient (Wildman–Crippen LogP) is 4.40. The van der Waals surface area contributed by atoms with Crippen LogP contribution in [0, 0.1) is 6.92 Å². The van der Waals surface area contributed by atoms with Crippen molar-refractivity contribution < 1.29 is 0 Å². The Morgan fingerprint density at radius 3 is 2.41 bits per heavy atom. The standard InChI is InChI=1S/C19H15N3/c1-14-8-7-13-20-18(14)19-21-16-11-5-6-12-17(16)22(19)15-9-3-2-4-10-15/h2-13H,1H3. The number of aromatic nitrogens is 3. The van der Waals surface area contributed by atoms with Crippen molar-refractivity contribution in [3.05, 3.63) is 78.5 Å². The Bertz CT molecular complexity index is 939. The Kier molecular flexibility index (Phi) is 2.97. The second kappa shape index (κ2) is 5.11. The van der Waals surface area contributed by atoms with Gasteiger partial charge in [0.15, 0.2) is 5.82 Å². The van der Waals surface area contributed by atoms with Crippen LogP contribution in [-0.2, 0) is 0 Å². The van der Waals surface area contributed by atoms with E-state index in [2.05, 4.69) is 40.7 Å². The van der Waals surface area contributed by atoms with Gasteiger partial charge in [-0.1, -0.05) is 36.4 Å². The van der Waals surface area contributed by atoms with Crippen molar-refractivity contribution in [1.82, 2.24) is 14.5 Å². The molecule has 0 unspecified atom stereocenters. The van der Waals surface area contributed by atoms with Gasteiger partial charge in [0.1, 0.15) is 5.69 Å². The van der Waals surface area contributed by atoms with Crippen molar-refractivity contribution in [1.29, 1.82) is 0 Å². The molecule has 0 N–H and O–H groups in total. The third-order valence-electron chi connectivity index (χ3n) is 3.80. The quantitative estimate of drug-likeness (QED) is 0.546. The highest BCUT2D eigenvalue weighted by Gasteiger charge is 2.16. The van der Waals surface area contributed by atoms with Crippen molar-refractivity contribution in [2.45, 2.75) is 6.92 Å². The van der Waals surface area contributed by atoms with Gasteiger partial charge in [-0.15, -0.1) is 0 Å². The molecular weight excluding hydrogens is 270 g/mol. The van der Waals surface area contributed by atoms with E-state index in [-0.39, 0.29) is 0 Å². The molecule has 0 aliphatic rings. The highest BCUT2D eigenvalue weighted by Crippen LogP contribution is 2.28. The minimum absolute atomic E-state index is 0.880. The van der Waals surface area contributed by atoms with Crippen LogP contribution >= 0.6 is 0 Å². The van der Waals surface area contributed by atoms with E-state index in [1.807, 2.05) is 48.7 Å². The highest BCUT2D eigenvalue weighted by molar-refractivity contribution is 5.83. The number of pyridine rings is 1. The molecule has 0 amide bonds. The van der Waals surface area contributed by atoms with Crippen molar-refractivity contribution in [3.63, 3.8) is 0 Å². The first-order valence-corrected chi connectivity index (χ1v) is 7.29. The van der Waals surface area contributed by atoms with Crippen LogP contribution in [0.1, 0.15) is 5.56 Å². The molecule has 0 fully saturated rings. The summed E-state index contributed by atoms with van der Waals surface area (Å²) in [6, 6.07) is 22.5. The van der Waals surface area contributed by atoms with E-state index >= 15 is 0 Å². The van der Waals surface area contributed by atoms with Crippen LogP contribution in [0.5, 0.6) is 0 Å². The third kappa shape index (κ3) is 1.99. The monoisotopic (exact) mass is 285 g/mol. The van der Waals surface area contributed by atoms with E-state index in [1.54, 1.807) is 0 Å². The molecule has 0 atom stereocenters. The van der Waals surface area contributed by atoms with Gasteiger partial charge >= 0.3 is 0 Å². The van der Waals surface area contributed by atoms with E-state index in [4.69, 9.17) is 4.98 Å². The lowest BCUT2D eigenvalue weighted by molar-refractivity contribution is 1.07. The maximum Gasteiger partial charge on any atom is 0.164 e. The fraction of sp³-hybridized carbons (Fsp3) is 0.0526. The Hall–Kier alpha value is -2.94. The Morgan fingerprint density at radius 2 is 1.59 bits per heavy atom. The van der Waals surface area contributed by atoms with Crippen LogP contribution in [0.15, 0.2) is 72.9 Å². The molecule has 0 saturated heterocycles. The van der Waals surface area contributed by atoms with Crippen LogP contribution < -0.4 is 0 Å². The van der Waals surface area contributed by atoms with Crippen LogP contribution in [0.25, 0.3) is 28.2 Å². The molecule has 0 aliphatic carbocycles. The first-order chi connectivity index (χ1) is 10.8. The molecule has 0 saturated carbocycles.